The number of aliphatic hydroxyl groups is 3. The highest BCUT2D eigenvalue weighted by Gasteiger charge is 2.38. The van der Waals surface area contributed by atoms with Gasteiger partial charge in [-0.3, -0.25) is 0 Å². The molecule has 0 radical (unpaired) electrons. The monoisotopic (exact) mass is 302 g/mol. The molecule has 0 aromatic heterocycles. The highest BCUT2D eigenvalue weighted by molar-refractivity contribution is 4.87. The van der Waals surface area contributed by atoms with E-state index in [1.165, 1.54) is 12.8 Å². The van der Waals surface area contributed by atoms with E-state index in [1.807, 2.05) is 0 Å². The standard InChI is InChI=1S/C16H30O5/c1-2-3-4-5-6-7-8-9-10-20-14-12-21-13(11-17)15(18)16(14)19/h5-6,13-19H,2-4,7-12H2,1H3/b6-5+/t13-,14+,15-,16-/m0/s1. The summed E-state index contributed by atoms with van der Waals surface area (Å²) in [4.78, 5) is 0. The molecule has 1 saturated heterocycles. The van der Waals surface area contributed by atoms with Gasteiger partial charge in [-0.25, -0.2) is 0 Å². The van der Waals surface area contributed by atoms with Gasteiger partial charge in [0.25, 0.3) is 0 Å². The zero-order chi connectivity index (χ0) is 15.5. The molecule has 5 heteroatoms. The Morgan fingerprint density at radius 1 is 1.10 bits per heavy atom. The van der Waals surface area contributed by atoms with Crippen molar-refractivity contribution >= 4 is 0 Å². The normalized spacial score (nSPS) is 30.1. The zero-order valence-electron chi connectivity index (χ0n) is 13.0. The van der Waals surface area contributed by atoms with E-state index in [1.54, 1.807) is 0 Å². The van der Waals surface area contributed by atoms with Gasteiger partial charge in [-0.05, 0) is 25.7 Å². The number of rotatable bonds is 10. The Labute approximate surface area is 127 Å². The van der Waals surface area contributed by atoms with Gasteiger partial charge < -0.3 is 24.8 Å². The minimum absolute atomic E-state index is 0.209. The molecule has 1 heterocycles. The molecule has 4 atom stereocenters. The molecule has 0 aromatic carbocycles. The first-order chi connectivity index (χ1) is 10.2. The average Bonchev–Trinajstić information content (AvgIpc) is 2.50. The molecular weight excluding hydrogens is 272 g/mol. The molecule has 21 heavy (non-hydrogen) atoms. The van der Waals surface area contributed by atoms with Gasteiger partial charge in [0.2, 0.25) is 0 Å². The van der Waals surface area contributed by atoms with Crippen LogP contribution in [0.3, 0.4) is 0 Å². The molecule has 0 saturated carbocycles. The maximum Gasteiger partial charge on any atom is 0.111 e. The van der Waals surface area contributed by atoms with E-state index in [2.05, 4.69) is 19.1 Å². The van der Waals surface area contributed by atoms with E-state index < -0.39 is 24.4 Å². The van der Waals surface area contributed by atoms with Crippen molar-refractivity contribution in [3.63, 3.8) is 0 Å². The highest BCUT2D eigenvalue weighted by atomic mass is 16.6. The fourth-order valence-electron chi connectivity index (χ4n) is 2.32. The molecule has 0 spiro atoms. The summed E-state index contributed by atoms with van der Waals surface area (Å²) < 4.78 is 10.8. The van der Waals surface area contributed by atoms with Crippen molar-refractivity contribution in [2.45, 2.75) is 69.9 Å². The van der Waals surface area contributed by atoms with Crippen molar-refractivity contribution < 1.29 is 24.8 Å². The third kappa shape index (κ3) is 6.89. The molecule has 0 aliphatic carbocycles. The number of hydrogen-bond acceptors (Lipinski definition) is 5. The van der Waals surface area contributed by atoms with Crippen LogP contribution in [0.4, 0.5) is 0 Å². The summed E-state index contributed by atoms with van der Waals surface area (Å²) in [6, 6.07) is 0. The minimum atomic E-state index is -1.09. The summed E-state index contributed by atoms with van der Waals surface area (Å²) in [6.07, 6.45) is 7.78. The fourth-order valence-corrected chi connectivity index (χ4v) is 2.32. The van der Waals surface area contributed by atoms with Gasteiger partial charge in [0.15, 0.2) is 0 Å². The van der Waals surface area contributed by atoms with Crippen LogP contribution in [0.5, 0.6) is 0 Å². The first-order valence-electron chi connectivity index (χ1n) is 8.05. The van der Waals surface area contributed by atoms with E-state index >= 15 is 0 Å². The second-order valence-corrected chi connectivity index (χ2v) is 5.55. The Balaban J connectivity index is 2.06. The summed E-state index contributed by atoms with van der Waals surface area (Å²) in [6.45, 7) is 2.65. The minimum Gasteiger partial charge on any atom is -0.394 e. The third-order valence-electron chi connectivity index (χ3n) is 3.75. The third-order valence-corrected chi connectivity index (χ3v) is 3.75. The summed E-state index contributed by atoms with van der Waals surface area (Å²) >= 11 is 0. The topological polar surface area (TPSA) is 79.2 Å². The lowest BCUT2D eigenvalue weighted by Gasteiger charge is -2.36. The molecule has 1 rings (SSSR count). The van der Waals surface area contributed by atoms with Crippen molar-refractivity contribution in [2.24, 2.45) is 0 Å². The molecule has 0 unspecified atom stereocenters. The Morgan fingerprint density at radius 3 is 2.48 bits per heavy atom. The smallest absolute Gasteiger partial charge is 0.111 e. The summed E-state index contributed by atoms with van der Waals surface area (Å²) in [7, 11) is 0. The van der Waals surface area contributed by atoms with Crippen LogP contribution < -0.4 is 0 Å². The molecule has 1 aliphatic rings. The average molecular weight is 302 g/mol. The Morgan fingerprint density at radius 2 is 1.81 bits per heavy atom. The lowest BCUT2D eigenvalue weighted by atomic mass is 10.0. The Bertz CT molecular complexity index is 282. The van der Waals surface area contributed by atoms with E-state index in [9.17, 15) is 10.2 Å². The maximum atomic E-state index is 9.88. The molecule has 1 fully saturated rings. The van der Waals surface area contributed by atoms with Crippen LogP contribution in [-0.4, -0.2) is 59.6 Å². The van der Waals surface area contributed by atoms with Crippen molar-refractivity contribution in [1.82, 2.24) is 0 Å². The number of hydrogen-bond donors (Lipinski definition) is 3. The van der Waals surface area contributed by atoms with Gasteiger partial charge in [0, 0.05) is 6.61 Å². The van der Waals surface area contributed by atoms with Gasteiger partial charge in [-0.15, -0.1) is 0 Å². The summed E-state index contributed by atoms with van der Waals surface area (Å²) in [5.41, 5.74) is 0. The first-order valence-corrected chi connectivity index (χ1v) is 8.05. The molecule has 0 amide bonds. The number of aliphatic hydroxyl groups excluding tert-OH is 3. The van der Waals surface area contributed by atoms with Crippen LogP contribution in [0.2, 0.25) is 0 Å². The van der Waals surface area contributed by atoms with Crippen LogP contribution in [0.15, 0.2) is 12.2 Å². The predicted molar refractivity (Wildman–Crippen MR) is 81.1 cm³/mol. The lowest BCUT2D eigenvalue weighted by molar-refractivity contribution is -0.208. The summed E-state index contributed by atoms with van der Waals surface area (Å²) in [5.74, 6) is 0. The number of allylic oxidation sites excluding steroid dienone is 2. The van der Waals surface area contributed by atoms with Gasteiger partial charge in [-0.1, -0.05) is 31.9 Å². The van der Waals surface area contributed by atoms with Crippen molar-refractivity contribution in [3.8, 4) is 0 Å². The molecule has 5 nitrogen and oxygen atoms in total. The second kappa shape index (κ2) is 11.2. The SMILES string of the molecule is CCCC/C=C/CCCCO[C@@H]1CO[C@@H](CO)[C@H](O)[C@H]1O. The quantitative estimate of drug-likeness (QED) is 0.420. The van der Waals surface area contributed by atoms with E-state index in [0.717, 1.165) is 25.7 Å². The zero-order valence-corrected chi connectivity index (χ0v) is 13.0. The van der Waals surface area contributed by atoms with Gasteiger partial charge in [0.1, 0.15) is 24.4 Å². The van der Waals surface area contributed by atoms with Crippen molar-refractivity contribution in [2.75, 3.05) is 19.8 Å². The number of unbranched alkanes of at least 4 members (excludes halogenated alkanes) is 4. The van der Waals surface area contributed by atoms with Crippen LogP contribution in [0.1, 0.15) is 45.4 Å². The molecule has 124 valence electrons. The van der Waals surface area contributed by atoms with Crippen LogP contribution in [0, 0.1) is 0 Å². The largest absolute Gasteiger partial charge is 0.394 e. The number of ether oxygens (including phenoxy) is 2. The van der Waals surface area contributed by atoms with Crippen LogP contribution in [0.25, 0.3) is 0 Å². The Kier molecular flexibility index (Phi) is 9.87. The van der Waals surface area contributed by atoms with Crippen LogP contribution in [-0.2, 0) is 9.47 Å². The maximum absolute atomic E-state index is 9.88. The molecule has 1 aliphatic heterocycles. The van der Waals surface area contributed by atoms with E-state index in [0.29, 0.717) is 6.61 Å². The van der Waals surface area contributed by atoms with Gasteiger partial charge in [-0.2, -0.15) is 0 Å². The van der Waals surface area contributed by atoms with Crippen molar-refractivity contribution in [1.29, 1.82) is 0 Å². The second-order valence-electron chi connectivity index (χ2n) is 5.55. The van der Waals surface area contributed by atoms with E-state index in [-0.39, 0.29) is 13.2 Å². The molecule has 0 aromatic rings. The predicted octanol–water partition coefficient (Wildman–Crippen LogP) is 1.40. The Hall–Kier alpha value is -0.460. The van der Waals surface area contributed by atoms with Crippen molar-refractivity contribution in [3.05, 3.63) is 12.2 Å². The van der Waals surface area contributed by atoms with E-state index in [4.69, 9.17) is 14.6 Å². The van der Waals surface area contributed by atoms with Gasteiger partial charge >= 0.3 is 0 Å². The molecule has 3 N–H and O–H groups in total. The van der Waals surface area contributed by atoms with Gasteiger partial charge in [0.05, 0.1) is 13.2 Å². The highest BCUT2D eigenvalue weighted by Crippen LogP contribution is 2.18. The first kappa shape index (κ1) is 18.6. The lowest BCUT2D eigenvalue weighted by Crippen LogP contribution is -2.55. The van der Waals surface area contributed by atoms with Crippen LogP contribution >= 0.6 is 0 Å². The fraction of sp³-hybridized carbons (Fsp3) is 0.875. The molecule has 0 bridgehead atoms. The molecular formula is C16H30O5. The summed E-state index contributed by atoms with van der Waals surface area (Å²) in [5, 5.41) is 28.6.